The average molecular weight is 493 g/mol. The van der Waals surface area contributed by atoms with E-state index in [-0.39, 0.29) is 17.3 Å². The molecule has 0 bridgehead atoms. The molecule has 1 N–H and O–H groups in total. The molecule has 1 saturated heterocycles. The fraction of sp³-hybridized carbons (Fsp3) is 0.531. The fourth-order valence-corrected chi connectivity index (χ4v) is 5.31. The SMILES string of the molecule is CCC(O)(C=Cc1ccc(C(CC)(CC)c2ccc(OC[C@H]3CCCOC3=O)c(C)c2)cc1C)CC. The molecule has 2 aromatic rings. The third-order valence-corrected chi connectivity index (χ3v) is 8.27. The lowest BCUT2D eigenvalue weighted by Crippen LogP contribution is -2.29. The minimum absolute atomic E-state index is 0.100. The van der Waals surface area contributed by atoms with Gasteiger partial charge in [0, 0.05) is 5.41 Å². The number of hydrogen-bond donors (Lipinski definition) is 1. The second-order valence-electron chi connectivity index (χ2n) is 10.3. The van der Waals surface area contributed by atoms with Gasteiger partial charge in [-0.25, -0.2) is 0 Å². The Kier molecular flexibility index (Phi) is 9.41. The third-order valence-electron chi connectivity index (χ3n) is 8.27. The lowest BCUT2D eigenvalue weighted by molar-refractivity contribution is -0.154. The highest BCUT2D eigenvalue weighted by Gasteiger charge is 2.32. The van der Waals surface area contributed by atoms with E-state index in [1.165, 1.54) is 16.7 Å². The van der Waals surface area contributed by atoms with Crippen molar-refractivity contribution in [2.45, 2.75) is 91.1 Å². The molecule has 1 fully saturated rings. The molecule has 0 saturated carbocycles. The molecule has 0 radical (unpaired) electrons. The number of carbonyl (C=O) groups excluding carboxylic acids is 1. The van der Waals surface area contributed by atoms with Gasteiger partial charge in [0.15, 0.2) is 0 Å². The maximum atomic E-state index is 12.0. The van der Waals surface area contributed by atoms with E-state index in [0.717, 1.165) is 42.6 Å². The van der Waals surface area contributed by atoms with Crippen LogP contribution in [0.2, 0.25) is 0 Å². The van der Waals surface area contributed by atoms with E-state index >= 15 is 0 Å². The van der Waals surface area contributed by atoms with Crippen molar-refractivity contribution in [1.82, 2.24) is 0 Å². The van der Waals surface area contributed by atoms with Crippen molar-refractivity contribution in [3.8, 4) is 5.75 Å². The largest absolute Gasteiger partial charge is 0.492 e. The summed E-state index contributed by atoms with van der Waals surface area (Å²) in [6, 6.07) is 13.2. The van der Waals surface area contributed by atoms with Gasteiger partial charge in [0.05, 0.1) is 18.1 Å². The molecule has 0 unspecified atom stereocenters. The smallest absolute Gasteiger partial charge is 0.312 e. The Bertz CT molecular complexity index is 1060. The van der Waals surface area contributed by atoms with Crippen LogP contribution in [0.3, 0.4) is 0 Å². The van der Waals surface area contributed by atoms with Crippen molar-refractivity contribution >= 4 is 12.0 Å². The first-order valence-corrected chi connectivity index (χ1v) is 13.6. The summed E-state index contributed by atoms with van der Waals surface area (Å²) >= 11 is 0. The van der Waals surface area contributed by atoms with Crippen molar-refractivity contribution in [3.63, 3.8) is 0 Å². The van der Waals surface area contributed by atoms with Gasteiger partial charge in [-0.1, -0.05) is 70.2 Å². The molecule has 1 aliphatic heterocycles. The maximum absolute atomic E-state index is 12.0. The normalized spacial score (nSPS) is 16.9. The molecule has 2 aromatic carbocycles. The van der Waals surface area contributed by atoms with Gasteiger partial charge >= 0.3 is 5.97 Å². The Morgan fingerprint density at radius 3 is 2.17 bits per heavy atom. The molecule has 1 heterocycles. The van der Waals surface area contributed by atoms with Crippen LogP contribution in [0.4, 0.5) is 0 Å². The predicted octanol–water partition coefficient (Wildman–Crippen LogP) is 7.31. The van der Waals surface area contributed by atoms with Crippen molar-refractivity contribution in [2.24, 2.45) is 5.92 Å². The van der Waals surface area contributed by atoms with E-state index < -0.39 is 5.60 Å². The van der Waals surface area contributed by atoms with Gasteiger partial charge in [0.2, 0.25) is 0 Å². The zero-order chi connectivity index (χ0) is 26.3. The van der Waals surface area contributed by atoms with E-state index in [2.05, 4.69) is 70.2 Å². The molecule has 36 heavy (non-hydrogen) atoms. The molecule has 0 aliphatic carbocycles. The first-order chi connectivity index (χ1) is 17.2. The summed E-state index contributed by atoms with van der Waals surface area (Å²) in [4.78, 5) is 12.0. The van der Waals surface area contributed by atoms with Crippen LogP contribution < -0.4 is 4.74 Å². The van der Waals surface area contributed by atoms with Crippen molar-refractivity contribution in [2.75, 3.05) is 13.2 Å². The summed E-state index contributed by atoms with van der Waals surface area (Å²) in [6.45, 7) is 13.7. The number of cyclic esters (lactones) is 1. The number of hydrogen-bond acceptors (Lipinski definition) is 4. The van der Waals surface area contributed by atoms with Crippen LogP contribution >= 0.6 is 0 Å². The van der Waals surface area contributed by atoms with Gasteiger partial charge in [0.25, 0.3) is 0 Å². The number of benzene rings is 2. The number of rotatable bonds is 11. The van der Waals surface area contributed by atoms with Gasteiger partial charge < -0.3 is 14.6 Å². The van der Waals surface area contributed by atoms with Crippen molar-refractivity contribution in [3.05, 3.63) is 70.3 Å². The monoisotopic (exact) mass is 492 g/mol. The minimum Gasteiger partial charge on any atom is -0.492 e. The summed E-state index contributed by atoms with van der Waals surface area (Å²) < 4.78 is 11.2. The molecular formula is C32H44O4. The van der Waals surface area contributed by atoms with Crippen molar-refractivity contribution < 1.29 is 19.4 Å². The third kappa shape index (κ3) is 6.03. The average Bonchev–Trinajstić information content (AvgIpc) is 2.89. The first-order valence-electron chi connectivity index (χ1n) is 13.6. The topological polar surface area (TPSA) is 55.8 Å². The Hall–Kier alpha value is -2.59. The van der Waals surface area contributed by atoms with Crippen molar-refractivity contribution in [1.29, 1.82) is 0 Å². The molecule has 1 atom stereocenters. The predicted molar refractivity (Wildman–Crippen MR) is 147 cm³/mol. The summed E-state index contributed by atoms with van der Waals surface area (Å²) in [7, 11) is 0. The standard InChI is InChI=1S/C32H44O4/c1-7-31(34,8-2)18-17-25-13-14-27(20-23(25)5)32(9-3,10-4)28-15-16-29(24(6)21-28)36-22-26-12-11-19-35-30(26)33/h13-18,20-21,26,34H,7-12,19,22H2,1-6H3/t26-/m1/s1. The quantitative estimate of drug-likeness (QED) is 0.334. The van der Waals surface area contributed by atoms with Crippen LogP contribution in [0, 0.1) is 19.8 Å². The molecule has 4 heteroatoms. The molecule has 1 aliphatic rings. The summed E-state index contributed by atoms with van der Waals surface area (Å²) in [5, 5.41) is 10.6. The highest BCUT2D eigenvalue weighted by atomic mass is 16.5. The van der Waals surface area contributed by atoms with Crippen LogP contribution in [0.1, 0.15) is 94.0 Å². The highest BCUT2D eigenvalue weighted by Crippen LogP contribution is 2.41. The number of aliphatic hydroxyl groups is 1. The van der Waals surface area contributed by atoms with E-state index in [1.54, 1.807) is 0 Å². The van der Waals surface area contributed by atoms with Gasteiger partial charge in [-0.3, -0.25) is 4.79 Å². The molecular weight excluding hydrogens is 448 g/mol. The molecule has 0 spiro atoms. The van der Waals surface area contributed by atoms with Gasteiger partial charge in [-0.05, 0) is 86.3 Å². The molecule has 4 nitrogen and oxygen atoms in total. The number of carbonyl (C=O) groups is 1. The van der Waals surface area contributed by atoms with Gasteiger partial charge in [-0.2, -0.15) is 0 Å². The highest BCUT2D eigenvalue weighted by molar-refractivity contribution is 5.73. The molecule has 0 aromatic heterocycles. The first kappa shape index (κ1) is 28.0. The summed E-state index contributed by atoms with van der Waals surface area (Å²) in [5.74, 6) is 0.507. The van der Waals surface area contributed by atoms with E-state index in [1.807, 2.05) is 19.9 Å². The Morgan fingerprint density at radius 2 is 1.61 bits per heavy atom. The van der Waals surface area contributed by atoms with E-state index in [4.69, 9.17) is 9.47 Å². The van der Waals surface area contributed by atoms with Crippen LogP contribution in [-0.2, 0) is 14.9 Å². The second kappa shape index (κ2) is 12.1. The summed E-state index contributed by atoms with van der Waals surface area (Å²) in [6.07, 6.45) is 9.10. The Labute approximate surface area is 217 Å². The Balaban J connectivity index is 1.86. The zero-order valence-corrected chi connectivity index (χ0v) is 23.0. The summed E-state index contributed by atoms with van der Waals surface area (Å²) in [5.41, 5.74) is 5.17. The Morgan fingerprint density at radius 1 is 0.972 bits per heavy atom. The molecule has 196 valence electrons. The van der Waals surface area contributed by atoms with Gasteiger partial charge in [-0.15, -0.1) is 0 Å². The second-order valence-corrected chi connectivity index (χ2v) is 10.3. The number of esters is 1. The van der Waals surface area contributed by atoms with Gasteiger partial charge in [0.1, 0.15) is 12.4 Å². The fourth-order valence-electron chi connectivity index (χ4n) is 5.31. The number of ether oxygens (including phenoxy) is 2. The van der Waals surface area contributed by atoms with E-state index in [9.17, 15) is 9.90 Å². The zero-order valence-electron chi connectivity index (χ0n) is 23.0. The van der Waals surface area contributed by atoms with Crippen LogP contribution in [0.25, 0.3) is 6.08 Å². The minimum atomic E-state index is -0.750. The van der Waals surface area contributed by atoms with Crippen LogP contribution in [0.15, 0.2) is 42.5 Å². The lowest BCUT2D eigenvalue weighted by Gasteiger charge is -2.34. The van der Waals surface area contributed by atoms with E-state index in [0.29, 0.717) is 26.1 Å². The molecule has 0 amide bonds. The van der Waals surface area contributed by atoms with Crippen LogP contribution in [-0.4, -0.2) is 29.9 Å². The number of aryl methyl sites for hydroxylation is 2. The maximum Gasteiger partial charge on any atom is 0.312 e. The lowest BCUT2D eigenvalue weighted by atomic mass is 9.70. The molecule has 3 rings (SSSR count). The van der Waals surface area contributed by atoms with Crippen LogP contribution in [0.5, 0.6) is 5.75 Å².